The fourth-order valence-corrected chi connectivity index (χ4v) is 5.82. The highest BCUT2D eigenvalue weighted by Crippen LogP contribution is 2.45. The van der Waals surface area contributed by atoms with Gasteiger partial charge in [-0.3, -0.25) is 14.7 Å². The van der Waals surface area contributed by atoms with E-state index in [0.29, 0.717) is 25.3 Å². The summed E-state index contributed by atoms with van der Waals surface area (Å²) in [4.78, 5) is 21.3. The zero-order chi connectivity index (χ0) is 24.8. The summed E-state index contributed by atoms with van der Waals surface area (Å²) in [6.07, 6.45) is 5.45. The molecule has 6 nitrogen and oxygen atoms in total. The summed E-state index contributed by atoms with van der Waals surface area (Å²) in [6, 6.07) is 15.5. The maximum absolute atomic E-state index is 15.1. The van der Waals surface area contributed by atoms with Crippen molar-refractivity contribution in [3.63, 3.8) is 0 Å². The van der Waals surface area contributed by atoms with Gasteiger partial charge in [0.25, 0.3) is 0 Å². The lowest BCUT2D eigenvalue weighted by Crippen LogP contribution is -2.62. The van der Waals surface area contributed by atoms with Crippen molar-refractivity contribution in [2.75, 3.05) is 40.0 Å². The number of piperidine rings is 1. The molecule has 0 unspecified atom stereocenters. The molecule has 2 saturated heterocycles. The molecule has 3 aliphatic rings. The standard InChI is InChI=1S/C29H32FN3O3.ClH/c1-35-20-28(8-9-28)33-19-29(36-18-27(33)34)10-13-32(14-11-29)17-24-7-6-22(15-25(24)30)23-5-4-21-3-2-12-31-26(21)16-23;/h2-7,12,15-16H,8-11,13-14,17-20H2,1H3;1H. The van der Waals surface area contributed by atoms with Crippen LogP contribution in [0.1, 0.15) is 31.2 Å². The van der Waals surface area contributed by atoms with Crippen LogP contribution in [0.5, 0.6) is 0 Å². The van der Waals surface area contributed by atoms with Crippen LogP contribution < -0.4 is 0 Å². The van der Waals surface area contributed by atoms with Gasteiger partial charge in [0.1, 0.15) is 12.4 Å². The van der Waals surface area contributed by atoms with Crippen molar-refractivity contribution >= 4 is 29.2 Å². The molecule has 196 valence electrons. The van der Waals surface area contributed by atoms with Crippen LogP contribution in [0.4, 0.5) is 4.39 Å². The van der Waals surface area contributed by atoms with E-state index in [4.69, 9.17) is 9.47 Å². The Morgan fingerprint density at radius 1 is 1.05 bits per heavy atom. The third kappa shape index (κ3) is 5.10. The van der Waals surface area contributed by atoms with Crippen molar-refractivity contribution in [2.45, 2.75) is 43.4 Å². The monoisotopic (exact) mass is 525 g/mol. The van der Waals surface area contributed by atoms with E-state index in [9.17, 15) is 4.79 Å². The van der Waals surface area contributed by atoms with Gasteiger partial charge in [-0.05, 0) is 55.0 Å². The molecule has 2 aromatic carbocycles. The highest BCUT2D eigenvalue weighted by atomic mass is 35.5. The molecule has 1 aliphatic carbocycles. The molecule has 2 aliphatic heterocycles. The number of benzene rings is 2. The summed E-state index contributed by atoms with van der Waals surface area (Å²) in [7, 11) is 1.70. The Kier molecular flexibility index (Phi) is 7.24. The first kappa shape index (κ1) is 26.0. The molecule has 37 heavy (non-hydrogen) atoms. The molecule has 1 saturated carbocycles. The summed E-state index contributed by atoms with van der Waals surface area (Å²) < 4.78 is 26.7. The molecule has 1 aromatic heterocycles. The summed E-state index contributed by atoms with van der Waals surface area (Å²) in [6.45, 7) is 3.57. The maximum Gasteiger partial charge on any atom is 0.249 e. The molecule has 3 heterocycles. The Balaban J connectivity index is 0.00000280. The lowest BCUT2D eigenvalue weighted by Gasteiger charge is -2.49. The molecular weight excluding hydrogens is 493 g/mol. The molecule has 1 amide bonds. The number of hydrogen-bond acceptors (Lipinski definition) is 5. The van der Waals surface area contributed by atoms with Gasteiger partial charge in [-0.25, -0.2) is 4.39 Å². The number of morpholine rings is 1. The Morgan fingerprint density at radius 2 is 1.81 bits per heavy atom. The van der Waals surface area contributed by atoms with Crippen molar-refractivity contribution < 1.29 is 18.7 Å². The number of nitrogens with zero attached hydrogens (tertiary/aromatic N) is 3. The summed E-state index contributed by atoms with van der Waals surface area (Å²) in [5, 5.41) is 1.07. The average molecular weight is 526 g/mol. The lowest BCUT2D eigenvalue weighted by atomic mass is 9.88. The molecule has 0 radical (unpaired) electrons. The van der Waals surface area contributed by atoms with Gasteiger partial charge >= 0.3 is 0 Å². The van der Waals surface area contributed by atoms with Crippen molar-refractivity contribution in [2.24, 2.45) is 0 Å². The SMILES string of the molecule is COCC1(N2CC3(CCN(Cc4ccc(-c5ccc6cccnc6c5)cc4F)CC3)OCC2=O)CC1.Cl. The number of pyridine rings is 1. The Labute approximate surface area is 223 Å². The van der Waals surface area contributed by atoms with Crippen LogP contribution in [-0.4, -0.2) is 71.8 Å². The molecule has 0 atom stereocenters. The number of methoxy groups -OCH3 is 1. The number of rotatable bonds is 6. The van der Waals surface area contributed by atoms with Gasteiger partial charge in [0.15, 0.2) is 0 Å². The van der Waals surface area contributed by atoms with Gasteiger partial charge in [0.05, 0.1) is 29.8 Å². The van der Waals surface area contributed by atoms with E-state index in [2.05, 4.69) is 9.88 Å². The first-order chi connectivity index (χ1) is 17.5. The largest absolute Gasteiger partial charge is 0.382 e. The number of aromatic nitrogens is 1. The first-order valence-electron chi connectivity index (χ1n) is 12.8. The summed E-state index contributed by atoms with van der Waals surface area (Å²) >= 11 is 0. The van der Waals surface area contributed by atoms with Crippen LogP contribution in [0.25, 0.3) is 22.0 Å². The van der Waals surface area contributed by atoms with Gasteiger partial charge in [-0.1, -0.05) is 30.3 Å². The molecule has 3 aromatic rings. The van der Waals surface area contributed by atoms with Crippen LogP contribution in [0, 0.1) is 5.82 Å². The van der Waals surface area contributed by atoms with E-state index in [-0.39, 0.29) is 41.9 Å². The fraction of sp³-hybridized carbons (Fsp3) is 0.448. The zero-order valence-corrected chi connectivity index (χ0v) is 21.9. The zero-order valence-electron chi connectivity index (χ0n) is 21.1. The number of fused-ring (bicyclic) bond motifs is 1. The Bertz CT molecular complexity index is 1290. The molecule has 1 spiro atoms. The average Bonchev–Trinajstić information content (AvgIpc) is 3.68. The van der Waals surface area contributed by atoms with E-state index >= 15 is 4.39 Å². The highest BCUT2D eigenvalue weighted by Gasteiger charge is 2.55. The number of carbonyl (C=O) groups excluding carboxylic acids is 1. The number of hydrogen-bond donors (Lipinski definition) is 0. The third-order valence-corrected chi connectivity index (χ3v) is 8.22. The van der Waals surface area contributed by atoms with Crippen LogP contribution >= 0.6 is 12.4 Å². The quantitative estimate of drug-likeness (QED) is 0.461. The van der Waals surface area contributed by atoms with Crippen LogP contribution in [0.15, 0.2) is 54.7 Å². The second-order valence-corrected chi connectivity index (χ2v) is 10.6. The highest BCUT2D eigenvalue weighted by molar-refractivity contribution is 5.85. The second-order valence-electron chi connectivity index (χ2n) is 10.6. The maximum atomic E-state index is 15.1. The minimum absolute atomic E-state index is 0. The number of ether oxygens (including phenoxy) is 2. The second kappa shape index (κ2) is 10.3. The van der Waals surface area contributed by atoms with Gasteiger partial charge < -0.3 is 14.4 Å². The molecule has 6 rings (SSSR count). The molecule has 8 heteroatoms. The van der Waals surface area contributed by atoms with E-state index in [0.717, 1.165) is 60.8 Å². The van der Waals surface area contributed by atoms with Crippen LogP contribution in [-0.2, 0) is 20.8 Å². The minimum Gasteiger partial charge on any atom is -0.382 e. The van der Waals surface area contributed by atoms with Gasteiger partial charge in [-0.2, -0.15) is 0 Å². The van der Waals surface area contributed by atoms with Crippen molar-refractivity contribution in [1.29, 1.82) is 0 Å². The van der Waals surface area contributed by atoms with E-state index in [1.54, 1.807) is 19.4 Å². The Morgan fingerprint density at radius 3 is 2.54 bits per heavy atom. The molecular formula is C29H33ClFN3O3. The lowest BCUT2D eigenvalue weighted by molar-refractivity contribution is -0.179. The van der Waals surface area contributed by atoms with Gasteiger partial charge in [0.2, 0.25) is 5.91 Å². The van der Waals surface area contributed by atoms with Crippen LogP contribution in [0.3, 0.4) is 0 Å². The molecule has 0 N–H and O–H groups in total. The minimum atomic E-state index is -0.305. The molecule has 3 fully saturated rings. The predicted octanol–water partition coefficient (Wildman–Crippen LogP) is 4.84. The van der Waals surface area contributed by atoms with Crippen molar-refractivity contribution in [3.8, 4) is 11.1 Å². The normalized spacial score (nSPS) is 20.7. The summed E-state index contributed by atoms with van der Waals surface area (Å²) in [5.41, 5.74) is 2.98. The predicted molar refractivity (Wildman–Crippen MR) is 143 cm³/mol. The van der Waals surface area contributed by atoms with Crippen molar-refractivity contribution in [3.05, 3.63) is 66.1 Å². The topological polar surface area (TPSA) is 54.9 Å². The van der Waals surface area contributed by atoms with Gasteiger partial charge in [0, 0.05) is 43.9 Å². The summed E-state index contributed by atoms with van der Waals surface area (Å²) in [5.74, 6) is -0.114. The van der Waals surface area contributed by atoms with E-state index < -0.39 is 0 Å². The number of likely N-dealkylation sites (tertiary alicyclic amines) is 1. The third-order valence-electron chi connectivity index (χ3n) is 8.22. The molecule has 0 bridgehead atoms. The first-order valence-corrected chi connectivity index (χ1v) is 12.8. The smallest absolute Gasteiger partial charge is 0.249 e. The van der Waals surface area contributed by atoms with E-state index in [1.165, 1.54) is 0 Å². The van der Waals surface area contributed by atoms with Gasteiger partial charge in [-0.15, -0.1) is 12.4 Å². The Hall–Kier alpha value is -2.58. The van der Waals surface area contributed by atoms with Crippen molar-refractivity contribution in [1.82, 2.24) is 14.8 Å². The fourth-order valence-electron chi connectivity index (χ4n) is 5.82. The van der Waals surface area contributed by atoms with Crippen LogP contribution in [0.2, 0.25) is 0 Å². The number of carbonyl (C=O) groups is 1. The number of halogens is 2. The number of amides is 1. The van der Waals surface area contributed by atoms with E-state index in [1.807, 2.05) is 47.4 Å².